The Balaban J connectivity index is 0.000000328. The van der Waals surface area contributed by atoms with Crippen LogP contribution in [-0.2, 0) is 10.1 Å². The summed E-state index contributed by atoms with van der Waals surface area (Å²) in [6.07, 6.45) is 8.98. The van der Waals surface area contributed by atoms with Crippen LogP contribution in [0.2, 0.25) is 0 Å². The summed E-state index contributed by atoms with van der Waals surface area (Å²) in [5, 5.41) is 0. The number of hydrogen-bond donors (Lipinski definition) is 0. The third kappa shape index (κ3) is 9.70. The predicted molar refractivity (Wildman–Crippen MR) is 140 cm³/mol. The van der Waals surface area contributed by atoms with Gasteiger partial charge in [0.15, 0.2) is 6.61 Å². The van der Waals surface area contributed by atoms with Crippen LogP contribution in [0, 0.1) is 12.8 Å². The molecule has 1 heterocycles. The largest absolute Gasteiger partial charge is 0.744 e. The van der Waals surface area contributed by atoms with Gasteiger partial charge in [-0.15, -0.1) is 0 Å². The summed E-state index contributed by atoms with van der Waals surface area (Å²) in [4.78, 5) is 7.84. The van der Waals surface area contributed by atoms with Gasteiger partial charge in [-0.3, -0.25) is 4.84 Å². The van der Waals surface area contributed by atoms with Crippen molar-refractivity contribution in [2.24, 2.45) is 5.92 Å². The van der Waals surface area contributed by atoms with E-state index in [2.05, 4.69) is 69.2 Å². The smallest absolute Gasteiger partial charge is 0.223 e. The minimum Gasteiger partial charge on any atom is -0.744 e. The van der Waals surface area contributed by atoms with Gasteiger partial charge >= 0.3 is 0 Å². The van der Waals surface area contributed by atoms with Crippen molar-refractivity contribution in [2.75, 3.05) is 25.6 Å². The Morgan fingerprint density at radius 2 is 1.49 bits per heavy atom. The van der Waals surface area contributed by atoms with Crippen LogP contribution in [0.4, 0.5) is 5.69 Å². The maximum absolute atomic E-state index is 10.4. The van der Waals surface area contributed by atoms with Crippen molar-refractivity contribution in [2.45, 2.75) is 51.3 Å². The van der Waals surface area contributed by atoms with Crippen LogP contribution in [0.3, 0.4) is 0 Å². The molecule has 2 aromatic carbocycles. The molecule has 0 spiro atoms. The third-order valence-electron chi connectivity index (χ3n) is 5.83. The van der Waals surface area contributed by atoms with Gasteiger partial charge in [-0.2, -0.15) is 0 Å². The fourth-order valence-electron chi connectivity index (χ4n) is 3.44. The zero-order chi connectivity index (χ0) is 25.8. The molecule has 1 aromatic heterocycles. The van der Waals surface area contributed by atoms with Gasteiger partial charge in [-0.1, -0.05) is 56.5 Å². The first kappa shape index (κ1) is 28.3. The van der Waals surface area contributed by atoms with Crippen molar-refractivity contribution < 1.29 is 22.5 Å². The Bertz CT molecular complexity index is 1110. The Hall–Kier alpha value is -2.90. The van der Waals surface area contributed by atoms with E-state index < -0.39 is 10.1 Å². The first-order chi connectivity index (χ1) is 16.6. The average molecular weight is 499 g/mol. The zero-order valence-electron chi connectivity index (χ0n) is 21.5. The summed E-state index contributed by atoms with van der Waals surface area (Å²) in [6, 6.07) is 18.6. The summed E-state index contributed by atoms with van der Waals surface area (Å²) < 4.78 is 33.0. The number of unbranched alkanes of at least 4 members (excludes halogenated alkanes) is 1. The van der Waals surface area contributed by atoms with E-state index in [1.54, 1.807) is 12.1 Å². The SMILES string of the molecule is CCCCC(CC)CO[n+]1ccc(-c2ccc(N(C)C)cc2)cc1.Cc1ccc(S(=O)(=O)[O-])cc1. The monoisotopic (exact) mass is 498 g/mol. The minimum absolute atomic E-state index is 0.178. The highest BCUT2D eigenvalue weighted by molar-refractivity contribution is 7.85. The van der Waals surface area contributed by atoms with E-state index in [1.165, 1.54) is 54.6 Å². The van der Waals surface area contributed by atoms with Crippen LogP contribution < -0.4 is 14.5 Å². The zero-order valence-corrected chi connectivity index (χ0v) is 22.3. The van der Waals surface area contributed by atoms with Gasteiger partial charge in [0, 0.05) is 36.6 Å². The van der Waals surface area contributed by atoms with Crippen molar-refractivity contribution >= 4 is 15.8 Å². The highest BCUT2D eigenvalue weighted by Gasteiger charge is 2.11. The average Bonchev–Trinajstić information content (AvgIpc) is 2.85. The molecule has 35 heavy (non-hydrogen) atoms. The van der Waals surface area contributed by atoms with Crippen molar-refractivity contribution in [3.8, 4) is 11.1 Å². The molecule has 3 aromatic rings. The second-order valence-corrected chi connectivity index (χ2v) is 10.2. The standard InChI is InChI=1S/C21H31N2O.C7H8O3S/c1-5-7-8-18(6-2)17-24-23-15-13-20(14-16-23)19-9-11-21(12-10-19)22(3)4;1-6-2-4-7(5-3-6)11(8,9)10/h9-16,18H,5-8,17H2,1-4H3;2-5H,1H3,(H,8,9,10)/q+1;/p-1. The number of benzene rings is 2. The van der Waals surface area contributed by atoms with E-state index in [0.717, 1.165) is 12.2 Å². The van der Waals surface area contributed by atoms with E-state index in [-0.39, 0.29) is 4.90 Å². The van der Waals surface area contributed by atoms with E-state index in [9.17, 15) is 13.0 Å². The molecule has 0 aliphatic heterocycles. The van der Waals surface area contributed by atoms with Crippen LogP contribution in [0.25, 0.3) is 11.1 Å². The lowest BCUT2D eigenvalue weighted by molar-refractivity contribution is -0.892. The highest BCUT2D eigenvalue weighted by Crippen LogP contribution is 2.21. The molecule has 0 saturated heterocycles. The van der Waals surface area contributed by atoms with Crippen molar-refractivity contribution in [3.63, 3.8) is 0 Å². The molecule has 0 aliphatic rings. The van der Waals surface area contributed by atoms with E-state index in [0.29, 0.717) is 5.92 Å². The van der Waals surface area contributed by atoms with Crippen LogP contribution in [-0.4, -0.2) is 33.7 Å². The Morgan fingerprint density at radius 1 is 0.914 bits per heavy atom. The molecule has 0 amide bonds. The third-order valence-corrected chi connectivity index (χ3v) is 6.68. The molecular weight excluding hydrogens is 460 g/mol. The Labute approximate surface area is 210 Å². The predicted octanol–water partition coefficient (Wildman–Crippen LogP) is 5.25. The second-order valence-electron chi connectivity index (χ2n) is 8.87. The molecule has 0 bridgehead atoms. The normalized spacial score (nSPS) is 11.8. The van der Waals surface area contributed by atoms with E-state index >= 15 is 0 Å². The van der Waals surface area contributed by atoms with Crippen molar-refractivity contribution in [1.29, 1.82) is 0 Å². The first-order valence-electron chi connectivity index (χ1n) is 12.1. The molecule has 1 atom stereocenters. The molecule has 0 radical (unpaired) electrons. The van der Waals surface area contributed by atoms with Crippen LogP contribution in [0.15, 0.2) is 78.0 Å². The molecule has 0 N–H and O–H groups in total. The van der Waals surface area contributed by atoms with E-state index in [4.69, 9.17) is 4.84 Å². The number of aryl methyl sites for hydroxylation is 1. The van der Waals surface area contributed by atoms with Gasteiger partial charge in [0.05, 0.1) is 4.90 Å². The molecular formula is C28H38N2O4S. The number of hydrogen-bond acceptors (Lipinski definition) is 5. The summed E-state index contributed by atoms with van der Waals surface area (Å²) in [5.41, 5.74) is 4.57. The number of nitrogens with zero attached hydrogens (tertiary/aromatic N) is 2. The quantitative estimate of drug-likeness (QED) is 0.282. The van der Waals surface area contributed by atoms with Crippen LogP contribution >= 0.6 is 0 Å². The van der Waals surface area contributed by atoms with Crippen LogP contribution in [0.5, 0.6) is 0 Å². The van der Waals surface area contributed by atoms with Gasteiger partial charge in [0.25, 0.3) is 0 Å². The number of anilines is 1. The number of rotatable bonds is 10. The van der Waals surface area contributed by atoms with E-state index in [1.807, 2.05) is 24.0 Å². The molecule has 190 valence electrons. The second kappa shape index (κ2) is 13.9. The van der Waals surface area contributed by atoms with Crippen molar-refractivity contribution in [3.05, 3.63) is 78.6 Å². The lowest BCUT2D eigenvalue weighted by Crippen LogP contribution is -2.43. The summed E-state index contributed by atoms with van der Waals surface area (Å²) >= 11 is 0. The lowest BCUT2D eigenvalue weighted by atomic mass is 10.0. The first-order valence-corrected chi connectivity index (χ1v) is 13.5. The number of aromatic nitrogens is 1. The summed E-state index contributed by atoms with van der Waals surface area (Å²) in [7, 11) is -0.155. The highest BCUT2D eigenvalue weighted by atomic mass is 32.2. The molecule has 1 unspecified atom stereocenters. The number of pyridine rings is 1. The van der Waals surface area contributed by atoms with Crippen molar-refractivity contribution in [1.82, 2.24) is 0 Å². The fourth-order valence-corrected chi connectivity index (χ4v) is 3.91. The molecule has 0 saturated carbocycles. The van der Waals surface area contributed by atoms with Gasteiger partial charge in [-0.05, 0) is 61.1 Å². The Morgan fingerprint density at radius 3 is 1.97 bits per heavy atom. The van der Waals surface area contributed by atoms with Gasteiger partial charge in [0.1, 0.15) is 10.1 Å². The van der Waals surface area contributed by atoms with Crippen LogP contribution in [0.1, 0.15) is 45.1 Å². The van der Waals surface area contributed by atoms with Gasteiger partial charge < -0.3 is 9.45 Å². The maximum Gasteiger partial charge on any atom is 0.223 e. The Kier molecular flexibility index (Phi) is 11.2. The molecule has 7 heteroatoms. The molecule has 3 rings (SSSR count). The minimum atomic E-state index is -4.27. The molecule has 0 fully saturated rings. The molecule has 6 nitrogen and oxygen atoms in total. The topological polar surface area (TPSA) is 73.5 Å². The van der Waals surface area contributed by atoms with Gasteiger partial charge in [-0.25, -0.2) is 8.42 Å². The van der Waals surface area contributed by atoms with Gasteiger partial charge in [0.2, 0.25) is 12.4 Å². The maximum atomic E-state index is 10.4. The molecule has 0 aliphatic carbocycles. The summed E-state index contributed by atoms with van der Waals surface area (Å²) in [6.45, 7) is 7.10. The lowest BCUT2D eigenvalue weighted by Gasteiger charge is -2.12. The fraction of sp³-hybridized carbons (Fsp3) is 0.393. The summed E-state index contributed by atoms with van der Waals surface area (Å²) in [5.74, 6) is 0.649.